The van der Waals surface area contributed by atoms with E-state index in [0.29, 0.717) is 22.0 Å². The third kappa shape index (κ3) is 3.10. The number of carbonyl (C=O) groups is 1. The topological polar surface area (TPSA) is 100 Å². The van der Waals surface area contributed by atoms with Crippen LogP contribution in [-0.4, -0.2) is 23.5 Å². The molecule has 0 spiro atoms. The molecule has 1 aromatic heterocycles. The standard InChI is InChI=1S/C19H14N2O4S/c1-13-2-6-16(7-3-13)26(24,25)21-12-15(5-9-19(22)23)17-10-14(11-20)4-8-18(17)21/h2-10,12H,1H3,(H,22,23). The molecule has 1 heterocycles. The number of fused-ring (bicyclic) bond motifs is 1. The summed E-state index contributed by atoms with van der Waals surface area (Å²) in [7, 11) is -3.87. The maximum Gasteiger partial charge on any atom is 0.328 e. The van der Waals surface area contributed by atoms with Crippen molar-refractivity contribution in [2.24, 2.45) is 0 Å². The molecule has 0 amide bonds. The highest BCUT2D eigenvalue weighted by Crippen LogP contribution is 2.28. The van der Waals surface area contributed by atoms with Gasteiger partial charge in [0.05, 0.1) is 22.0 Å². The molecule has 3 aromatic rings. The zero-order chi connectivity index (χ0) is 18.9. The molecule has 7 heteroatoms. The minimum Gasteiger partial charge on any atom is -0.478 e. The molecule has 130 valence electrons. The third-order valence-corrected chi connectivity index (χ3v) is 5.60. The second kappa shape index (κ2) is 6.50. The lowest BCUT2D eigenvalue weighted by molar-refractivity contribution is -0.131. The average Bonchev–Trinajstić information content (AvgIpc) is 2.99. The lowest BCUT2D eigenvalue weighted by atomic mass is 10.1. The van der Waals surface area contributed by atoms with E-state index in [4.69, 9.17) is 10.4 Å². The summed E-state index contributed by atoms with van der Waals surface area (Å²) in [4.78, 5) is 10.9. The van der Waals surface area contributed by atoms with Crippen molar-refractivity contribution in [1.82, 2.24) is 3.97 Å². The van der Waals surface area contributed by atoms with Gasteiger partial charge in [-0.25, -0.2) is 17.2 Å². The van der Waals surface area contributed by atoms with Crippen molar-refractivity contribution in [2.75, 3.05) is 0 Å². The van der Waals surface area contributed by atoms with E-state index in [1.54, 1.807) is 12.1 Å². The van der Waals surface area contributed by atoms with E-state index in [-0.39, 0.29) is 4.90 Å². The summed E-state index contributed by atoms with van der Waals surface area (Å²) >= 11 is 0. The summed E-state index contributed by atoms with van der Waals surface area (Å²) in [6, 6.07) is 13.1. The van der Waals surface area contributed by atoms with Crippen LogP contribution in [0.15, 0.2) is 59.6 Å². The van der Waals surface area contributed by atoms with Gasteiger partial charge in [0.2, 0.25) is 0 Å². The van der Waals surface area contributed by atoms with Crippen molar-refractivity contribution >= 4 is 33.0 Å². The van der Waals surface area contributed by atoms with Gasteiger partial charge in [0.1, 0.15) is 0 Å². The number of hydrogen-bond donors (Lipinski definition) is 1. The van der Waals surface area contributed by atoms with Crippen molar-refractivity contribution in [3.63, 3.8) is 0 Å². The van der Waals surface area contributed by atoms with Crippen LogP contribution in [0.1, 0.15) is 16.7 Å². The first-order valence-electron chi connectivity index (χ1n) is 7.61. The van der Waals surface area contributed by atoms with Crippen molar-refractivity contribution < 1.29 is 18.3 Å². The number of hydrogen-bond acceptors (Lipinski definition) is 4. The van der Waals surface area contributed by atoms with Crippen molar-refractivity contribution in [2.45, 2.75) is 11.8 Å². The van der Waals surface area contributed by atoms with Crippen LogP contribution in [0.3, 0.4) is 0 Å². The van der Waals surface area contributed by atoms with E-state index >= 15 is 0 Å². The molecule has 0 unspecified atom stereocenters. The van der Waals surface area contributed by atoms with Gasteiger partial charge < -0.3 is 5.11 Å². The van der Waals surface area contributed by atoms with Crippen molar-refractivity contribution in [1.29, 1.82) is 5.26 Å². The summed E-state index contributed by atoms with van der Waals surface area (Å²) in [5, 5.41) is 18.4. The van der Waals surface area contributed by atoms with E-state index in [1.807, 2.05) is 13.0 Å². The van der Waals surface area contributed by atoms with Gasteiger partial charge >= 0.3 is 5.97 Å². The predicted octanol–water partition coefficient (Wildman–Crippen LogP) is 3.16. The fraction of sp³-hybridized carbons (Fsp3) is 0.0526. The first kappa shape index (κ1) is 17.5. The number of aryl methyl sites for hydroxylation is 1. The number of benzene rings is 2. The van der Waals surface area contributed by atoms with Crippen LogP contribution in [0.2, 0.25) is 0 Å². The minimum absolute atomic E-state index is 0.123. The van der Waals surface area contributed by atoms with Gasteiger partial charge in [-0.1, -0.05) is 17.7 Å². The number of carboxylic acid groups (broad SMARTS) is 1. The van der Waals surface area contributed by atoms with Gasteiger partial charge in [-0.3, -0.25) is 0 Å². The molecule has 0 saturated carbocycles. The Morgan fingerprint density at radius 3 is 2.50 bits per heavy atom. The molecular formula is C19H14N2O4S. The number of nitrogens with zero attached hydrogens (tertiary/aromatic N) is 2. The van der Waals surface area contributed by atoms with Gasteiger partial charge in [-0.2, -0.15) is 5.26 Å². The number of carboxylic acids is 1. The third-order valence-electron chi connectivity index (χ3n) is 3.91. The smallest absolute Gasteiger partial charge is 0.328 e. The van der Waals surface area contributed by atoms with E-state index in [9.17, 15) is 13.2 Å². The lowest BCUT2D eigenvalue weighted by Crippen LogP contribution is -2.11. The number of nitriles is 1. The van der Waals surface area contributed by atoms with Crippen LogP contribution in [0.4, 0.5) is 0 Å². The molecular weight excluding hydrogens is 352 g/mol. The minimum atomic E-state index is -3.87. The molecule has 26 heavy (non-hydrogen) atoms. The SMILES string of the molecule is Cc1ccc(S(=O)(=O)n2cc(C=CC(=O)O)c3cc(C#N)ccc32)cc1. The summed E-state index contributed by atoms with van der Waals surface area (Å²) in [5.41, 5.74) is 2.06. The molecule has 0 saturated heterocycles. The first-order chi connectivity index (χ1) is 12.3. The van der Waals surface area contributed by atoms with Crippen LogP contribution in [-0.2, 0) is 14.8 Å². The molecule has 0 atom stereocenters. The summed E-state index contributed by atoms with van der Waals surface area (Å²) < 4.78 is 27.2. The fourth-order valence-electron chi connectivity index (χ4n) is 2.61. The molecule has 3 rings (SSSR count). The molecule has 1 N–H and O–H groups in total. The van der Waals surface area contributed by atoms with E-state index in [0.717, 1.165) is 15.6 Å². The van der Waals surface area contributed by atoms with Gasteiger partial charge in [-0.15, -0.1) is 0 Å². The molecule has 0 aliphatic carbocycles. The van der Waals surface area contributed by atoms with Gasteiger partial charge in [0.15, 0.2) is 0 Å². The number of aliphatic carboxylic acids is 1. The second-order valence-corrected chi connectivity index (χ2v) is 7.53. The highest BCUT2D eigenvalue weighted by atomic mass is 32.2. The lowest BCUT2D eigenvalue weighted by Gasteiger charge is -2.08. The number of aromatic nitrogens is 1. The van der Waals surface area contributed by atoms with Gasteiger partial charge in [-0.05, 0) is 43.3 Å². The summed E-state index contributed by atoms with van der Waals surface area (Å²) in [6.07, 6.45) is 3.60. The predicted molar refractivity (Wildman–Crippen MR) is 97.1 cm³/mol. The molecule has 0 fully saturated rings. The Balaban J connectivity index is 2.28. The van der Waals surface area contributed by atoms with Crippen LogP contribution in [0.25, 0.3) is 17.0 Å². The molecule has 2 aromatic carbocycles. The van der Waals surface area contributed by atoms with Gasteiger partial charge in [0.25, 0.3) is 10.0 Å². The van der Waals surface area contributed by atoms with Crippen LogP contribution in [0.5, 0.6) is 0 Å². The molecule has 0 bridgehead atoms. The van der Waals surface area contributed by atoms with E-state index < -0.39 is 16.0 Å². The second-order valence-electron chi connectivity index (χ2n) is 5.71. The van der Waals surface area contributed by atoms with Crippen LogP contribution < -0.4 is 0 Å². The normalized spacial score (nSPS) is 11.7. The monoisotopic (exact) mass is 366 g/mol. The Bertz CT molecular complexity index is 1180. The first-order valence-corrected chi connectivity index (χ1v) is 9.05. The maximum atomic E-state index is 13.0. The fourth-order valence-corrected chi connectivity index (χ4v) is 3.99. The maximum absolute atomic E-state index is 13.0. The Morgan fingerprint density at radius 1 is 1.19 bits per heavy atom. The molecule has 0 radical (unpaired) electrons. The molecule has 6 nitrogen and oxygen atoms in total. The average molecular weight is 366 g/mol. The van der Waals surface area contributed by atoms with Crippen molar-refractivity contribution in [3.8, 4) is 6.07 Å². The highest BCUT2D eigenvalue weighted by molar-refractivity contribution is 7.90. The Kier molecular flexibility index (Phi) is 4.36. The summed E-state index contributed by atoms with van der Waals surface area (Å²) in [6.45, 7) is 1.86. The van der Waals surface area contributed by atoms with Crippen LogP contribution >= 0.6 is 0 Å². The summed E-state index contributed by atoms with van der Waals surface area (Å²) in [5.74, 6) is -1.15. The quantitative estimate of drug-likeness (QED) is 0.715. The van der Waals surface area contributed by atoms with E-state index in [1.165, 1.54) is 42.6 Å². The Morgan fingerprint density at radius 2 is 1.88 bits per heavy atom. The zero-order valence-corrected chi connectivity index (χ0v) is 14.6. The number of rotatable bonds is 4. The molecule has 0 aliphatic rings. The largest absolute Gasteiger partial charge is 0.478 e. The van der Waals surface area contributed by atoms with E-state index in [2.05, 4.69) is 0 Å². The highest BCUT2D eigenvalue weighted by Gasteiger charge is 2.21. The van der Waals surface area contributed by atoms with Crippen LogP contribution in [0, 0.1) is 18.3 Å². The van der Waals surface area contributed by atoms with Gasteiger partial charge in [0, 0.05) is 23.2 Å². The Hall–Kier alpha value is -3.37. The van der Waals surface area contributed by atoms with Crippen molar-refractivity contribution in [3.05, 3.63) is 71.4 Å². The Labute approximate surface area is 150 Å². The molecule has 0 aliphatic heterocycles. The zero-order valence-electron chi connectivity index (χ0n) is 13.7.